The molecule has 158 valence electrons. The highest BCUT2D eigenvalue weighted by atomic mass is 79.9. The quantitative estimate of drug-likeness (QED) is 0.342. The molecular formula is C22H23BrN2O5. The number of nitrogens with one attached hydrogen (secondary N) is 1. The number of hydrogen-bond donors (Lipinski definition) is 1. The molecule has 0 unspecified atom stereocenters. The summed E-state index contributed by atoms with van der Waals surface area (Å²) in [5, 5.41) is 4.83. The number of benzene rings is 2. The minimum absolute atomic E-state index is 0.161. The second-order valence-electron chi connectivity index (χ2n) is 6.13. The fraction of sp³-hybridized carbons (Fsp3) is 0.273. The zero-order chi connectivity index (χ0) is 21.5. The number of fused-ring (bicyclic) bond motifs is 1. The summed E-state index contributed by atoms with van der Waals surface area (Å²) in [6.45, 7) is 7.31. The van der Waals surface area contributed by atoms with E-state index in [0.29, 0.717) is 42.5 Å². The Labute approximate surface area is 183 Å². The zero-order valence-electron chi connectivity index (χ0n) is 17.0. The largest absolute Gasteiger partial charge is 0.494 e. The molecule has 1 aromatic heterocycles. The van der Waals surface area contributed by atoms with Crippen molar-refractivity contribution in [3.63, 3.8) is 0 Å². The van der Waals surface area contributed by atoms with E-state index in [-0.39, 0.29) is 5.76 Å². The minimum Gasteiger partial charge on any atom is -0.494 e. The molecule has 1 N–H and O–H groups in total. The molecule has 2 aromatic carbocycles. The van der Waals surface area contributed by atoms with Crippen LogP contribution in [0.2, 0.25) is 0 Å². The van der Waals surface area contributed by atoms with Gasteiger partial charge in [0.25, 0.3) is 0 Å². The van der Waals surface area contributed by atoms with Gasteiger partial charge in [-0.15, -0.1) is 0 Å². The van der Waals surface area contributed by atoms with Gasteiger partial charge in [0.2, 0.25) is 0 Å². The first kappa shape index (κ1) is 21.7. The van der Waals surface area contributed by atoms with E-state index in [1.165, 1.54) is 6.21 Å². The van der Waals surface area contributed by atoms with Crippen LogP contribution >= 0.6 is 15.9 Å². The molecule has 8 heteroatoms. The smallest absolute Gasteiger partial charge is 0.307 e. The third-order valence-electron chi connectivity index (χ3n) is 4.06. The van der Waals surface area contributed by atoms with Crippen molar-refractivity contribution in [1.29, 1.82) is 0 Å². The van der Waals surface area contributed by atoms with E-state index in [1.54, 1.807) is 24.3 Å². The van der Waals surface area contributed by atoms with E-state index in [1.807, 2.05) is 32.9 Å². The van der Waals surface area contributed by atoms with Crippen LogP contribution in [0.5, 0.6) is 17.2 Å². The van der Waals surface area contributed by atoms with Gasteiger partial charge in [0.1, 0.15) is 22.8 Å². The van der Waals surface area contributed by atoms with Crippen LogP contribution < -0.4 is 19.6 Å². The van der Waals surface area contributed by atoms with Gasteiger partial charge in [-0.05, 0) is 67.0 Å². The molecule has 0 aliphatic carbocycles. The van der Waals surface area contributed by atoms with Crippen molar-refractivity contribution in [2.24, 2.45) is 5.10 Å². The molecule has 3 rings (SSSR count). The van der Waals surface area contributed by atoms with Gasteiger partial charge in [0, 0.05) is 17.0 Å². The summed E-state index contributed by atoms with van der Waals surface area (Å²) in [6, 6.07) is 10.7. The third-order valence-corrected chi connectivity index (χ3v) is 4.68. The van der Waals surface area contributed by atoms with Crippen molar-refractivity contribution >= 4 is 39.0 Å². The van der Waals surface area contributed by atoms with Crippen LogP contribution in [0.15, 0.2) is 50.4 Å². The van der Waals surface area contributed by atoms with E-state index in [0.717, 1.165) is 15.6 Å². The number of furan rings is 1. The second kappa shape index (κ2) is 10.2. The molecule has 3 aromatic rings. The summed E-state index contributed by atoms with van der Waals surface area (Å²) < 4.78 is 23.1. The summed E-state index contributed by atoms with van der Waals surface area (Å²) >= 11 is 3.47. The Morgan fingerprint density at radius 3 is 2.50 bits per heavy atom. The zero-order valence-corrected chi connectivity index (χ0v) is 18.6. The molecule has 0 atom stereocenters. The SMILES string of the molecule is CCOc1ccc2oc(C(=O)N/N=C/c3cc(Br)c(OCC)cc3OCC)cc2c1. The Morgan fingerprint density at radius 2 is 1.77 bits per heavy atom. The molecule has 0 saturated heterocycles. The van der Waals surface area contributed by atoms with E-state index in [2.05, 4.69) is 26.5 Å². The number of hydrazone groups is 1. The predicted molar refractivity (Wildman–Crippen MR) is 119 cm³/mol. The summed E-state index contributed by atoms with van der Waals surface area (Å²) in [6.07, 6.45) is 1.51. The van der Waals surface area contributed by atoms with Gasteiger partial charge < -0.3 is 18.6 Å². The van der Waals surface area contributed by atoms with E-state index in [9.17, 15) is 4.79 Å². The number of carbonyl (C=O) groups is 1. The van der Waals surface area contributed by atoms with Crippen LogP contribution in [0.1, 0.15) is 36.9 Å². The van der Waals surface area contributed by atoms with Crippen molar-refractivity contribution in [1.82, 2.24) is 5.43 Å². The Balaban J connectivity index is 1.75. The van der Waals surface area contributed by atoms with Crippen LogP contribution in [0.25, 0.3) is 11.0 Å². The van der Waals surface area contributed by atoms with Crippen molar-refractivity contribution in [3.05, 3.63) is 52.2 Å². The molecular weight excluding hydrogens is 452 g/mol. The van der Waals surface area contributed by atoms with Gasteiger partial charge in [0.05, 0.1) is 30.5 Å². The minimum atomic E-state index is -0.455. The Bertz CT molecular complexity index is 1060. The highest BCUT2D eigenvalue weighted by Gasteiger charge is 2.13. The monoisotopic (exact) mass is 474 g/mol. The Hall–Kier alpha value is -3.00. The number of ether oxygens (including phenoxy) is 3. The van der Waals surface area contributed by atoms with Gasteiger partial charge >= 0.3 is 5.91 Å². The Morgan fingerprint density at radius 1 is 1.03 bits per heavy atom. The van der Waals surface area contributed by atoms with Gasteiger partial charge in [0.15, 0.2) is 5.76 Å². The van der Waals surface area contributed by atoms with Gasteiger partial charge in [-0.2, -0.15) is 5.10 Å². The lowest BCUT2D eigenvalue weighted by Crippen LogP contribution is -2.16. The number of halogens is 1. The molecule has 0 fully saturated rings. The standard InChI is InChI=1S/C22H23BrN2O5/c1-4-27-16-7-8-18-14(9-16)11-21(30-18)22(26)25-24-13-15-10-17(23)20(29-6-3)12-19(15)28-5-2/h7-13H,4-6H2,1-3H3,(H,25,26)/b24-13+. The van der Waals surface area contributed by atoms with Crippen LogP contribution in [0.4, 0.5) is 0 Å². The number of rotatable bonds is 9. The van der Waals surface area contributed by atoms with Crippen molar-refractivity contribution in [2.75, 3.05) is 19.8 Å². The molecule has 0 saturated carbocycles. The molecule has 0 radical (unpaired) electrons. The molecule has 7 nitrogen and oxygen atoms in total. The maximum atomic E-state index is 12.4. The molecule has 0 aliphatic rings. The van der Waals surface area contributed by atoms with Crippen LogP contribution in [-0.2, 0) is 0 Å². The highest BCUT2D eigenvalue weighted by Crippen LogP contribution is 2.32. The third kappa shape index (κ3) is 5.13. The summed E-state index contributed by atoms with van der Waals surface area (Å²) in [5.41, 5.74) is 3.77. The normalized spacial score (nSPS) is 11.1. The summed E-state index contributed by atoms with van der Waals surface area (Å²) in [5.74, 6) is 1.71. The molecule has 1 amide bonds. The van der Waals surface area contributed by atoms with Gasteiger partial charge in [-0.3, -0.25) is 4.79 Å². The van der Waals surface area contributed by atoms with Crippen LogP contribution in [-0.4, -0.2) is 31.9 Å². The lowest BCUT2D eigenvalue weighted by Gasteiger charge is -2.12. The molecule has 0 spiro atoms. The van der Waals surface area contributed by atoms with Gasteiger partial charge in [-0.25, -0.2) is 5.43 Å². The summed E-state index contributed by atoms with van der Waals surface area (Å²) in [4.78, 5) is 12.4. The number of nitrogens with zero attached hydrogens (tertiary/aromatic N) is 1. The Kier molecular flexibility index (Phi) is 7.35. The lowest BCUT2D eigenvalue weighted by atomic mass is 10.2. The average molecular weight is 475 g/mol. The topological polar surface area (TPSA) is 82.3 Å². The van der Waals surface area contributed by atoms with E-state index in [4.69, 9.17) is 18.6 Å². The number of hydrogen-bond acceptors (Lipinski definition) is 6. The first-order valence-electron chi connectivity index (χ1n) is 9.64. The van der Waals surface area contributed by atoms with E-state index >= 15 is 0 Å². The van der Waals surface area contributed by atoms with Crippen molar-refractivity contribution < 1.29 is 23.4 Å². The van der Waals surface area contributed by atoms with Crippen LogP contribution in [0, 0.1) is 0 Å². The number of carbonyl (C=O) groups excluding carboxylic acids is 1. The first-order chi connectivity index (χ1) is 14.5. The molecule has 0 aliphatic heterocycles. The number of amides is 1. The fourth-order valence-corrected chi connectivity index (χ4v) is 3.28. The molecule has 30 heavy (non-hydrogen) atoms. The lowest BCUT2D eigenvalue weighted by molar-refractivity contribution is 0.0929. The summed E-state index contributed by atoms with van der Waals surface area (Å²) in [7, 11) is 0. The van der Waals surface area contributed by atoms with Crippen molar-refractivity contribution in [3.8, 4) is 17.2 Å². The van der Waals surface area contributed by atoms with E-state index < -0.39 is 5.91 Å². The highest BCUT2D eigenvalue weighted by molar-refractivity contribution is 9.10. The maximum absolute atomic E-state index is 12.4. The predicted octanol–water partition coefficient (Wildman–Crippen LogP) is 5.16. The van der Waals surface area contributed by atoms with Gasteiger partial charge in [-0.1, -0.05) is 0 Å². The maximum Gasteiger partial charge on any atom is 0.307 e. The first-order valence-corrected chi connectivity index (χ1v) is 10.4. The fourth-order valence-electron chi connectivity index (χ4n) is 2.80. The van der Waals surface area contributed by atoms with Crippen molar-refractivity contribution in [2.45, 2.75) is 20.8 Å². The molecule has 0 bridgehead atoms. The average Bonchev–Trinajstić information content (AvgIpc) is 3.15. The second-order valence-corrected chi connectivity index (χ2v) is 6.98. The van der Waals surface area contributed by atoms with Crippen LogP contribution in [0.3, 0.4) is 0 Å². The molecule has 1 heterocycles.